The van der Waals surface area contributed by atoms with E-state index in [1.807, 2.05) is 47.0 Å². The van der Waals surface area contributed by atoms with Crippen molar-refractivity contribution in [3.63, 3.8) is 0 Å². The number of aromatic nitrogens is 2. The number of amides is 1. The quantitative estimate of drug-likeness (QED) is 0.315. The molecule has 1 amide bonds. The molecule has 0 aliphatic carbocycles. The highest BCUT2D eigenvalue weighted by molar-refractivity contribution is 7.89. The second-order valence-corrected chi connectivity index (χ2v) is 11.9. The average molecular weight is 569 g/mol. The van der Waals surface area contributed by atoms with Gasteiger partial charge in [0.05, 0.1) is 22.9 Å². The summed E-state index contributed by atoms with van der Waals surface area (Å²) in [6, 6.07) is 26.9. The van der Waals surface area contributed by atoms with Crippen molar-refractivity contribution in [3.05, 3.63) is 120 Å². The Labute approximate surface area is 240 Å². The Morgan fingerprint density at radius 2 is 1.61 bits per heavy atom. The van der Waals surface area contributed by atoms with E-state index in [1.54, 1.807) is 55.0 Å². The van der Waals surface area contributed by atoms with Gasteiger partial charge >= 0.3 is 0 Å². The normalized spacial score (nSPS) is 16.2. The van der Waals surface area contributed by atoms with Gasteiger partial charge in [-0.05, 0) is 35.4 Å². The highest BCUT2D eigenvalue weighted by Crippen LogP contribution is 2.23. The molecule has 1 aliphatic heterocycles. The van der Waals surface area contributed by atoms with E-state index in [2.05, 4.69) is 21.3 Å². The lowest BCUT2D eigenvalue weighted by Gasteiger charge is -2.39. The van der Waals surface area contributed by atoms with E-state index in [4.69, 9.17) is 5.26 Å². The van der Waals surface area contributed by atoms with Crippen LogP contribution in [-0.2, 0) is 34.3 Å². The number of piperazine rings is 1. The predicted octanol–water partition coefficient (Wildman–Crippen LogP) is 3.04. The molecule has 0 spiro atoms. The molecule has 1 N–H and O–H groups in total. The first-order valence-corrected chi connectivity index (χ1v) is 15.0. The van der Waals surface area contributed by atoms with Crippen LogP contribution in [0.25, 0.3) is 0 Å². The van der Waals surface area contributed by atoms with Crippen LogP contribution in [0, 0.1) is 11.3 Å². The molecule has 0 radical (unpaired) electrons. The summed E-state index contributed by atoms with van der Waals surface area (Å²) in [5, 5.41) is 12.0. The first-order valence-electron chi connectivity index (χ1n) is 13.5. The first kappa shape index (κ1) is 28.2. The Morgan fingerprint density at radius 3 is 2.32 bits per heavy atom. The highest BCUT2D eigenvalue weighted by Gasteiger charge is 2.40. The lowest BCUT2D eigenvalue weighted by molar-refractivity contribution is -0.126. The van der Waals surface area contributed by atoms with Gasteiger partial charge in [0.25, 0.3) is 0 Å². The molecule has 3 aromatic carbocycles. The number of rotatable bonds is 10. The molecule has 0 unspecified atom stereocenters. The van der Waals surface area contributed by atoms with Gasteiger partial charge in [0, 0.05) is 57.6 Å². The summed E-state index contributed by atoms with van der Waals surface area (Å²) in [6.07, 6.45) is 4.05. The third-order valence-electron chi connectivity index (χ3n) is 7.23. The molecule has 5 rings (SSSR count). The van der Waals surface area contributed by atoms with E-state index in [0.29, 0.717) is 44.7 Å². The Hall–Kier alpha value is -4.30. The lowest BCUT2D eigenvalue weighted by Crippen LogP contribution is -2.60. The van der Waals surface area contributed by atoms with Gasteiger partial charge in [0.1, 0.15) is 6.04 Å². The number of nitrogens with zero attached hydrogens (tertiary/aromatic N) is 5. The minimum absolute atomic E-state index is 0.181. The van der Waals surface area contributed by atoms with Gasteiger partial charge < -0.3 is 9.88 Å². The molecule has 1 fully saturated rings. The fourth-order valence-electron chi connectivity index (χ4n) is 5.05. The van der Waals surface area contributed by atoms with Crippen molar-refractivity contribution < 1.29 is 13.2 Å². The molecular formula is C31H32N6O3S. The van der Waals surface area contributed by atoms with Crippen molar-refractivity contribution in [2.75, 3.05) is 26.2 Å². The Morgan fingerprint density at radius 1 is 0.927 bits per heavy atom. The number of hydrogen-bond acceptors (Lipinski definition) is 6. The summed E-state index contributed by atoms with van der Waals surface area (Å²) in [7, 11) is -3.86. The molecule has 210 valence electrons. The fraction of sp³-hybridized carbons (Fsp3) is 0.258. The third kappa shape index (κ3) is 6.89. The molecule has 4 aromatic rings. The lowest BCUT2D eigenvalue weighted by atomic mass is 10.1. The first-order chi connectivity index (χ1) is 19.9. The molecule has 0 bridgehead atoms. The Bertz CT molecular complexity index is 1600. The van der Waals surface area contributed by atoms with Crippen molar-refractivity contribution >= 4 is 15.9 Å². The summed E-state index contributed by atoms with van der Waals surface area (Å²) in [5.74, 6) is -0.319. The number of hydrogen-bond donors (Lipinski definition) is 1. The van der Waals surface area contributed by atoms with E-state index < -0.39 is 16.1 Å². The van der Waals surface area contributed by atoms with Crippen molar-refractivity contribution in [3.8, 4) is 6.07 Å². The Balaban J connectivity index is 1.27. The Kier molecular flexibility index (Phi) is 8.89. The highest BCUT2D eigenvalue weighted by atomic mass is 32.2. The zero-order valence-corrected chi connectivity index (χ0v) is 23.5. The molecule has 0 saturated carbocycles. The van der Waals surface area contributed by atoms with Gasteiger partial charge in [-0.3, -0.25) is 9.69 Å². The van der Waals surface area contributed by atoms with Crippen molar-refractivity contribution in [2.24, 2.45) is 0 Å². The number of benzene rings is 3. The standard InChI is InChI=1S/C31H32N6O3S/c32-19-25-11-13-27(14-12-25)22-36-24-33-20-28(36)15-16-34-31(38)30-23-35(21-26-7-3-1-4-8-26)17-18-37(30)41(39,40)29-9-5-2-6-10-29/h1-14,20,24,30H,15-18,21-23H2,(H,34,38)/t30-/m1/s1. The minimum atomic E-state index is -3.86. The summed E-state index contributed by atoms with van der Waals surface area (Å²) in [6.45, 7) is 2.61. The van der Waals surface area contributed by atoms with E-state index in [1.165, 1.54) is 4.31 Å². The van der Waals surface area contributed by atoms with Gasteiger partial charge in [-0.2, -0.15) is 9.57 Å². The zero-order valence-electron chi connectivity index (χ0n) is 22.6. The SMILES string of the molecule is N#Cc1ccc(Cn2cncc2CCNC(=O)[C@H]2CN(Cc3ccccc3)CCN2S(=O)(=O)c2ccccc2)cc1. The average Bonchev–Trinajstić information content (AvgIpc) is 3.45. The molecule has 1 saturated heterocycles. The summed E-state index contributed by atoms with van der Waals surface area (Å²) >= 11 is 0. The van der Waals surface area contributed by atoms with Crippen LogP contribution in [0.1, 0.15) is 22.4 Å². The van der Waals surface area contributed by atoms with Crippen molar-refractivity contribution in [1.82, 2.24) is 24.1 Å². The molecular weight excluding hydrogens is 536 g/mol. The molecule has 1 aliphatic rings. The minimum Gasteiger partial charge on any atom is -0.354 e. The van der Waals surface area contributed by atoms with Gasteiger partial charge in [0.2, 0.25) is 15.9 Å². The number of imidazole rings is 1. The molecule has 1 atom stereocenters. The number of carbonyl (C=O) groups is 1. The maximum Gasteiger partial charge on any atom is 0.243 e. The van der Waals surface area contributed by atoms with Crippen LogP contribution in [0.5, 0.6) is 0 Å². The van der Waals surface area contributed by atoms with Crippen LogP contribution in [0.3, 0.4) is 0 Å². The zero-order chi connectivity index (χ0) is 28.7. The van der Waals surface area contributed by atoms with E-state index in [0.717, 1.165) is 16.8 Å². The largest absolute Gasteiger partial charge is 0.354 e. The monoisotopic (exact) mass is 568 g/mol. The third-order valence-corrected chi connectivity index (χ3v) is 9.15. The second kappa shape index (κ2) is 12.9. The molecule has 10 heteroatoms. The van der Waals surface area contributed by atoms with Gasteiger partial charge in [-0.25, -0.2) is 13.4 Å². The predicted molar refractivity (Wildman–Crippen MR) is 155 cm³/mol. The summed E-state index contributed by atoms with van der Waals surface area (Å²) in [5.41, 5.74) is 3.70. The van der Waals surface area contributed by atoms with Crippen molar-refractivity contribution in [2.45, 2.75) is 30.4 Å². The van der Waals surface area contributed by atoms with E-state index >= 15 is 0 Å². The van der Waals surface area contributed by atoms with E-state index in [-0.39, 0.29) is 17.3 Å². The van der Waals surface area contributed by atoms with Gasteiger partial charge in [-0.15, -0.1) is 0 Å². The molecule has 41 heavy (non-hydrogen) atoms. The maximum atomic E-state index is 13.6. The van der Waals surface area contributed by atoms with Crippen LogP contribution >= 0.6 is 0 Å². The molecule has 1 aromatic heterocycles. The fourth-order valence-corrected chi connectivity index (χ4v) is 6.64. The number of nitrogens with one attached hydrogen (secondary N) is 1. The van der Waals surface area contributed by atoms with Crippen LogP contribution in [0.2, 0.25) is 0 Å². The topological polar surface area (TPSA) is 111 Å². The summed E-state index contributed by atoms with van der Waals surface area (Å²) < 4.78 is 30.5. The number of nitriles is 1. The number of sulfonamides is 1. The number of carbonyl (C=O) groups excluding carboxylic acids is 1. The second-order valence-electron chi connectivity index (χ2n) is 10.0. The summed E-state index contributed by atoms with van der Waals surface area (Å²) in [4.78, 5) is 20.1. The van der Waals surface area contributed by atoms with Crippen LogP contribution in [-0.4, -0.2) is 65.3 Å². The van der Waals surface area contributed by atoms with Crippen LogP contribution in [0.4, 0.5) is 0 Å². The van der Waals surface area contributed by atoms with Gasteiger partial charge in [-0.1, -0.05) is 60.7 Å². The molecule has 2 heterocycles. The molecule has 9 nitrogen and oxygen atoms in total. The van der Waals surface area contributed by atoms with E-state index in [9.17, 15) is 13.2 Å². The smallest absolute Gasteiger partial charge is 0.243 e. The van der Waals surface area contributed by atoms with Gasteiger partial charge in [0.15, 0.2) is 0 Å². The van der Waals surface area contributed by atoms with Crippen LogP contribution in [0.15, 0.2) is 102 Å². The van der Waals surface area contributed by atoms with Crippen molar-refractivity contribution in [1.29, 1.82) is 5.26 Å². The van der Waals surface area contributed by atoms with Crippen LogP contribution < -0.4 is 5.32 Å². The maximum absolute atomic E-state index is 13.6.